The zero-order valence-electron chi connectivity index (χ0n) is 9.75. The van der Waals surface area contributed by atoms with Gasteiger partial charge in [0, 0.05) is 5.02 Å². The van der Waals surface area contributed by atoms with Gasteiger partial charge in [-0.1, -0.05) is 29.3 Å². The summed E-state index contributed by atoms with van der Waals surface area (Å²) in [6.07, 6.45) is 0. The SMILES string of the molecule is Cc1ccc(-n2c(=O)[nH]c(Cl)c(C)c2=O)cc1Cl. The molecule has 94 valence electrons. The molecule has 1 heterocycles. The van der Waals surface area contributed by atoms with Crippen LogP contribution in [0.1, 0.15) is 11.1 Å². The highest BCUT2D eigenvalue weighted by Gasteiger charge is 2.11. The van der Waals surface area contributed by atoms with Gasteiger partial charge in [-0.3, -0.25) is 9.78 Å². The first kappa shape index (κ1) is 12.9. The molecule has 0 fully saturated rings. The Morgan fingerprint density at radius 2 is 1.83 bits per heavy atom. The predicted octanol–water partition coefficient (Wildman–Crippen LogP) is 2.45. The minimum atomic E-state index is -0.587. The second kappa shape index (κ2) is 4.63. The fourth-order valence-electron chi connectivity index (χ4n) is 1.55. The third-order valence-corrected chi connectivity index (χ3v) is 3.47. The molecule has 4 nitrogen and oxygen atoms in total. The van der Waals surface area contributed by atoms with Gasteiger partial charge in [-0.15, -0.1) is 0 Å². The van der Waals surface area contributed by atoms with E-state index in [-0.39, 0.29) is 10.7 Å². The number of hydrogen-bond acceptors (Lipinski definition) is 2. The summed E-state index contributed by atoms with van der Waals surface area (Å²) in [4.78, 5) is 26.2. The van der Waals surface area contributed by atoms with Crippen LogP contribution in [0, 0.1) is 13.8 Å². The van der Waals surface area contributed by atoms with Crippen LogP contribution in [-0.4, -0.2) is 9.55 Å². The molecule has 2 rings (SSSR count). The van der Waals surface area contributed by atoms with Crippen LogP contribution in [0.2, 0.25) is 10.2 Å². The lowest BCUT2D eigenvalue weighted by molar-refractivity contribution is 0.860. The van der Waals surface area contributed by atoms with E-state index >= 15 is 0 Å². The molecule has 0 aliphatic carbocycles. The monoisotopic (exact) mass is 284 g/mol. The molecular formula is C12H10Cl2N2O2. The summed E-state index contributed by atoms with van der Waals surface area (Å²) in [5, 5.41) is 0.547. The van der Waals surface area contributed by atoms with E-state index in [1.807, 2.05) is 6.92 Å². The highest BCUT2D eigenvalue weighted by atomic mass is 35.5. The van der Waals surface area contributed by atoms with Crippen LogP contribution in [0.4, 0.5) is 0 Å². The minimum Gasteiger partial charge on any atom is -0.297 e. The highest BCUT2D eigenvalue weighted by Crippen LogP contribution is 2.18. The first-order chi connectivity index (χ1) is 8.41. The number of aromatic nitrogens is 2. The molecule has 2 aromatic rings. The zero-order valence-corrected chi connectivity index (χ0v) is 11.3. The number of aromatic amines is 1. The molecule has 1 N–H and O–H groups in total. The van der Waals surface area contributed by atoms with E-state index in [1.54, 1.807) is 25.1 Å². The Kier molecular flexibility index (Phi) is 3.32. The fourth-order valence-corrected chi connectivity index (χ4v) is 1.89. The van der Waals surface area contributed by atoms with E-state index in [2.05, 4.69) is 4.98 Å². The molecule has 0 radical (unpaired) electrons. The van der Waals surface area contributed by atoms with Gasteiger partial charge in [0.25, 0.3) is 5.56 Å². The molecule has 0 unspecified atom stereocenters. The predicted molar refractivity (Wildman–Crippen MR) is 72.2 cm³/mol. The van der Waals surface area contributed by atoms with Crippen LogP contribution in [-0.2, 0) is 0 Å². The van der Waals surface area contributed by atoms with Crippen LogP contribution in [0.5, 0.6) is 0 Å². The number of benzene rings is 1. The Balaban J connectivity index is 2.80. The third-order valence-electron chi connectivity index (χ3n) is 2.69. The quantitative estimate of drug-likeness (QED) is 0.818. The number of rotatable bonds is 1. The lowest BCUT2D eigenvalue weighted by Crippen LogP contribution is -2.35. The molecule has 1 aromatic carbocycles. The molecule has 0 aliphatic rings. The topological polar surface area (TPSA) is 54.9 Å². The summed E-state index contributed by atoms with van der Waals surface area (Å²) in [6, 6.07) is 4.97. The molecule has 0 aliphatic heterocycles. The summed E-state index contributed by atoms with van der Waals surface area (Å²) in [6.45, 7) is 3.39. The van der Waals surface area contributed by atoms with Crippen LogP contribution in [0.25, 0.3) is 5.69 Å². The Labute approximate surface area is 113 Å². The van der Waals surface area contributed by atoms with E-state index in [9.17, 15) is 9.59 Å². The Bertz CT molecular complexity index is 732. The van der Waals surface area contributed by atoms with Crippen LogP contribution in [0.15, 0.2) is 27.8 Å². The van der Waals surface area contributed by atoms with Gasteiger partial charge >= 0.3 is 5.69 Å². The van der Waals surface area contributed by atoms with Gasteiger partial charge < -0.3 is 0 Å². The van der Waals surface area contributed by atoms with Gasteiger partial charge in [-0.2, -0.15) is 0 Å². The van der Waals surface area contributed by atoms with Crippen molar-refractivity contribution in [2.45, 2.75) is 13.8 Å². The van der Waals surface area contributed by atoms with Crippen molar-refractivity contribution in [3.63, 3.8) is 0 Å². The maximum Gasteiger partial charge on any atom is 0.334 e. The Hall–Kier alpha value is -1.52. The van der Waals surface area contributed by atoms with Crippen LogP contribution >= 0.6 is 23.2 Å². The maximum atomic E-state index is 12.0. The van der Waals surface area contributed by atoms with Crippen molar-refractivity contribution >= 4 is 23.2 Å². The number of hydrogen-bond donors (Lipinski definition) is 1. The second-order valence-electron chi connectivity index (χ2n) is 3.94. The summed E-state index contributed by atoms with van der Waals surface area (Å²) < 4.78 is 1.01. The maximum absolute atomic E-state index is 12.0. The normalized spacial score (nSPS) is 10.7. The van der Waals surface area contributed by atoms with Crippen LogP contribution in [0.3, 0.4) is 0 Å². The lowest BCUT2D eigenvalue weighted by Gasteiger charge is -2.08. The van der Waals surface area contributed by atoms with Crippen molar-refractivity contribution in [2.24, 2.45) is 0 Å². The Morgan fingerprint density at radius 1 is 1.17 bits per heavy atom. The molecule has 0 atom stereocenters. The Morgan fingerprint density at radius 3 is 2.44 bits per heavy atom. The lowest BCUT2D eigenvalue weighted by atomic mass is 10.2. The summed E-state index contributed by atoms with van der Waals surface area (Å²) in [5.74, 6) is 0. The van der Waals surface area contributed by atoms with Crippen molar-refractivity contribution in [3.8, 4) is 5.69 Å². The fraction of sp³-hybridized carbons (Fsp3) is 0.167. The van der Waals surface area contributed by atoms with Gasteiger partial charge in [0.2, 0.25) is 0 Å². The van der Waals surface area contributed by atoms with Crippen molar-refractivity contribution in [1.29, 1.82) is 0 Å². The summed E-state index contributed by atoms with van der Waals surface area (Å²) >= 11 is 11.7. The number of aryl methyl sites for hydroxylation is 1. The second-order valence-corrected chi connectivity index (χ2v) is 4.73. The van der Waals surface area contributed by atoms with Crippen molar-refractivity contribution < 1.29 is 0 Å². The van der Waals surface area contributed by atoms with E-state index in [4.69, 9.17) is 23.2 Å². The third kappa shape index (κ3) is 2.09. The number of halogens is 2. The molecule has 1 aromatic heterocycles. The average Bonchev–Trinajstić information content (AvgIpc) is 2.31. The average molecular weight is 285 g/mol. The van der Waals surface area contributed by atoms with Crippen LogP contribution < -0.4 is 11.2 Å². The van der Waals surface area contributed by atoms with E-state index < -0.39 is 11.2 Å². The van der Waals surface area contributed by atoms with Gasteiger partial charge in [0.1, 0.15) is 5.15 Å². The largest absolute Gasteiger partial charge is 0.334 e. The molecular weight excluding hydrogens is 275 g/mol. The van der Waals surface area contributed by atoms with Gasteiger partial charge in [0.15, 0.2) is 0 Å². The summed E-state index contributed by atoms with van der Waals surface area (Å²) in [5.41, 5.74) is 0.527. The van der Waals surface area contributed by atoms with Crippen molar-refractivity contribution in [3.05, 3.63) is 60.3 Å². The molecule has 0 bridgehead atoms. The van der Waals surface area contributed by atoms with E-state index in [1.165, 1.54) is 0 Å². The number of H-pyrrole nitrogens is 1. The van der Waals surface area contributed by atoms with E-state index in [0.29, 0.717) is 10.7 Å². The molecule has 0 amide bonds. The number of nitrogens with one attached hydrogen (secondary N) is 1. The highest BCUT2D eigenvalue weighted by molar-refractivity contribution is 6.31. The standard InChI is InChI=1S/C12H10Cl2N2O2/c1-6-3-4-8(5-9(6)13)16-11(17)7(2)10(14)15-12(16)18/h3-5H,1-2H3,(H,15,18). The first-order valence-corrected chi connectivity index (χ1v) is 5.95. The smallest absolute Gasteiger partial charge is 0.297 e. The van der Waals surface area contributed by atoms with Gasteiger partial charge in [-0.05, 0) is 31.5 Å². The molecule has 6 heteroatoms. The van der Waals surface area contributed by atoms with Gasteiger partial charge in [0.05, 0.1) is 11.3 Å². The zero-order chi connectivity index (χ0) is 13.4. The molecule has 0 saturated heterocycles. The van der Waals surface area contributed by atoms with E-state index in [0.717, 1.165) is 10.1 Å². The molecule has 18 heavy (non-hydrogen) atoms. The van der Waals surface area contributed by atoms with Crippen molar-refractivity contribution in [2.75, 3.05) is 0 Å². The molecule has 0 saturated carbocycles. The summed E-state index contributed by atoms with van der Waals surface area (Å²) in [7, 11) is 0. The minimum absolute atomic E-state index is 0.0551. The van der Waals surface area contributed by atoms with Gasteiger partial charge in [-0.25, -0.2) is 9.36 Å². The molecule has 0 spiro atoms. The first-order valence-electron chi connectivity index (χ1n) is 5.20. The number of nitrogens with zero attached hydrogens (tertiary/aromatic N) is 1. The van der Waals surface area contributed by atoms with Crippen molar-refractivity contribution in [1.82, 2.24) is 9.55 Å².